The maximum absolute atomic E-state index is 5.40. The first-order valence-corrected chi connectivity index (χ1v) is 9.17. The van der Waals surface area contributed by atoms with Gasteiger partial charge in [0, 0.05) is 25.8 Å². The van der Waals surface area contributed by atoms with Gasteiger partial charge in [-0.25, -0.2) is 0 Å². The molecule has 3 aromatic rings. The molecule has 0 aliphatic carbocycles. The summed E-state index contributed by atoms with van der Waals surface area (Å²) in [5.41, 5.74) is 3.45. The topological polar surface area (TPSA) is 42.1 Å². The fraction of sp³-hybridized carbons (Fsp3) is 0.263. The number of hydrogen-bond acceptors (Lipinski definition) is 5. The molecule has 6 heteroatoms. The Hall–Kier alpha value is -2.44. The number of nitrogens with zero attached hydrogens (tertiary/aromatic N) is 4. The second-order valence-electron chi connectivity index (χ2n) is 5.95. The van der Waals surface area contributed by atoms with Crippen LogP contribution in [-0.2, 0) is 11.8 Å². The van der Waals surface area contributed by atoms with Gasteiger partial charge in [-0.15, -0.1) is 5.10 Å². The van der Waals surface area contributed by atoms with Gasteiger partial charge in [-0.3, -0.25) is 0 Å². The number of aromatic nitrogens is 1. The van der Waals surface area contributed by atoms with E-state index in [-0.39, 0.29) is 0 Å². The van der Waals surface area contributed by atoms with Crippen LogP contribution in [0.4, 0.5) is 5.69 Å². The van der Waals surface area contributed by atoms with Crippen LogP contribution in [0.2, 0.25) is 0 Å². The summed E-state index contributed by atoms with van der Waals surface area (Å²) in [7, 11) is 2.02. The lowest BCUT2D eigenvalue weighted by Crippen LogP contribution is -2.36. The Morgan fingerprint density at radius 1 is 1.04 bits per heavy atom. The predicted molar refractivity (Wildman–Crippen MR) is 103 cm³/mol. The molecule has 0 atom stereocenters. The van der Waals surface area contributed by atoms with Crippen molar-refractivity contribution in [2.24, 2.45) is 17.3 Å². The fourth-order valence-corrected chi connectivity index (χ4v) is 3.89. The number of hydrogen-bond donors (Lipinski definition) is 0. The molecule has 1 aliphatic heterocycles. The van der Waals surface area contributed by atoms with Crippen LogP contribution < -0.4 is 9.70 Å². The van der Waals surface area contributed by atoms with E-state index in [9.17, 15) is 0 Å². The summed E-state index contributed by atoms with van der Waals surface area (Å²) in [5, 5.41) is 8.64. The number of benzene rings is 2. The smallest absolute Gasteiger partial charge is 0.211 e. The molecule has 4 rings (SSSR count). The summed E-state index contributed by atoms with van der Waals surface area (Å²) >= 11 is 1.64. The molecule has 0 amide bonds. The van der Waals surface area contributed by atoms with Crippen LogP contribution >= 0.6 is 11.3 Å². The van der Waals surface area contributed by atoms with Crippen LogP contribution in [0.5, 0.6) is 0 Å². The van der Waals surface area contributed by atoms with E-state index in [1.807, 2.05) is 19.2 Å². The van der Waals surface area contributed by atoms with E-state index < -0.39 is 0 Å². The summed E-state index contributed by atoms with van der Waals surface area (Å²) < 4.78 is 8.68. The number of anilines is 1. The Bertz CT molecular complexity index is 949. The van der Waals surface area contributed by atoms with Crippen LogP contribution in [-0.4, -0.2) is 37.1 Å². The Morgan fingerprint density at radius 3 is 2.56 bits per heavy atom. The molecule has 0 saturated carbocycles. The number of para-hydroxylation sites is 1. The van der Waals surface area contributed by atoms with Crippen molar-refractivity contribution in [1.82, 2.24) is 4.57 Å². The number of aryl methyl sites for hydroxylation is 1. The van der Waals surface area contributed by atoms with Crippen LogP contribution in [0.1, 0.15) is 5.56 Å². The molecule has 1 aromatic heterocycles. The molecule has 0 radical (unpaired) electrons. The van der Waals surface area contributed by atoms with Crippen molar-refractivity contribution in [3.05, 3.63) is 58.9 Å². The van der Waals surface area contributed by atoms with E-state index in [0.29, 0.717) is 0 Å². The number of ether oxygens (including phenoxy) is 1. The van der Waals surface area contributed by atoms with Gasteiger partial charge in [-0.05, 0) is 29.8 Å². The summed E-state index contributed by atoms with van der Waals surface area (Å²) in [6.45, 7) is 3.50. The van der Waals surface area contributed by atoms with Crippen LogP contribution in [0.3, 0.4) is 0 Å². The van der Waals surface area contributed by atoms with Gasteiger partial charge in [0.15, 0.2) is 0 Å². The average Bonchev–Trinajstić information content (AvgIpc) is 2.99. The fourth-order valence-electron chi connectivity index (χ4n) is 2.92. The molecule has 5 nitrogen and oxygen atoms in total. The van der Waals surface area contributed by atoms with Crippen molar-refractivity contribution in [1.29, 1.82) is 0 Å². The highest BCUT2D eigenvalue weighted by Gasteiger charge is 2.10. The van der Waals surface area contributed by atoms with Crippen molar-refractivity contribution in [2.45, 2.75) is 0 Å². The third-order valence-electron chi connectivity index (χ3n) is 4.33. The lowest BCUT2D eigenvalue weighted by molar-refractivity contribution is 0.122. The van der Waals surface area contributed by atoms with E-state index in [1.54, 1.807) is 17.6 Å². The van der Waals surface area contributed by atoms with Crippen molar-refractivity contribution in [2.75, 3.05) is 31.2 Å². The van der Waals surface area contributed by atoms with Crippen LogP contribution in [0.25, 0.3) is 10.2 Å². The van der Waals surface area contributed by atoms with E-state index in [0.717, 1.165) is 36.7 Å². The van der Waals surface area contributed by atoms with Crippen molar-refractivity contribution in [3.8, 4) is 0 Å². The van der Waals surface area contributed by atoms with Gasteiger partial charge in [0.1, 0.15) is 0 Å². The zero-order valence-electron chi connectivity index (χ0n) is 14.1. The normalized spacial score (nSPS) is 16.2. The largest absolute Gasteiger partial charge is 0.378 e. The first-order valence-electron chi connectivity index (χ1n) is 8.36. The van der Waals surface area contributed by atoms with E-state index in [2.05, 4.69) is 56.1 Å². The zero-order valence-corrected chi connectivity index (χ0v) is 14.9. The summed E-state index contributed by atoms with van der Waals surface area (Å²) in [5.74, 6) is 0. The lowest BCUT2D eigenvalue weighted by Gasteiger charge is -2.28. The first-order chi connectivity index (χ1) is 12.3. The second-order valence-corrected chi connectivity index (χ2v) is 6.96. The SMILES string of the molecule is Cn1/c(=N\N=C/c2ccc(N3CCOCC3)cc2)sc2ccccc21. The number of morpholine rings is 1. The highest BCUT2D eigenvalue weighted by atomic mass is 32.1. The maximum Gasteiger partial charge on any atom is 0.211 e. The molecule has 1 aliphatic rings. The highest BCUT2D eigenvalue weighted by molar-refractivity contribution is 7.16. The summed E-state index contributed by atoms with van der Waals surface area (Å²) in [6.07, 6.45) is 1.80. The lowest BCUT2D eigenvalue weighted by atomic mass is 10.2. The minimum absolute atomic E-state index is 0.800. The Kier molecular flexibility index (Phi) is 4.63. The van der Waals surface area contributed by atoms with E-state index in [4.69, 9.17) is 4.74 Å². The third-order valence-corrected chi connectivity index (χ3v) is 5.44. The summed E-state index contributed by atoms with van der Waals surface area (Å²) in [4.78, 5) is 3.23. The van der Waals surface area contributed by atoms with Gasteiger partial charge < -0.3 is 14.2 Å². The number of fused-ring (bicyclic) bond motifs is 1. The van der Waals surface area contributed by atoms with Gasteiger partial charge in [0.25, 0.3) is 0 Å². The Morgan fingerprint density at radius 2 is 1.80 bits per heavy atom. The molecule has 1 fully saturated rings. The van der Waals surface area contributed by atoms with Crippen LogP contribution in [0.15, 0.2) is 58.7 Å². The third kappa shape index (κ3) is 3.50. The molecule has 128 valence electrons. The Labute approximate surface area is 150 Å². The van der Waals surface area contributed by atoms with Crippen molar-refractivity contribution in [3.63, 3.8) is 0 Å². The van der Waals surface area contributed by atoms with Gasteiger partial charge >= 0.3 is 0 Å². The molecule has 25 heavy (non-hydrogen) atoms. The number of thiazole rings is 1. The van der Waals surface area contributed by atoms with Crippen molar-refractivity contribution >= 4 is 33.5 Å². The molecular weight excluding hydrogens is 332 g/mol. The molecule has 2 aromatic carbocycles. The molecule has 0 bridgehead atoms. The van der Waals surface area contributed by atoms with E-state index in [1.165, 1.54) is 15.9 Å². The minimum atomic E-state index is 0.800. The Balaban J connectivity index is 1.52. The van der Waals surface area contributed by atoms with E-state index >= 15 is 0 Å². The average molecular weight is 352 g/mol. The molecule has 2 heterocycles. The molecule has 0 spiro atoms. The first kappa shape index (κ1) is 16.1. The molecule has 0 unspecified atom stereocenters. The highest BCUT2D eigenvalue weighted by Crippen LogP contribution is 2.16. The molecule has 0 N–H and O–H groups in total. The summed E-state index contributed by atoms with van der Waals surface area (Å²) in [6, 6.07) is 16.7. The van der Waals surface area contributed by atoms with Crippen molar-refractivity contribution < 1.29 is 4.74 Å². The second kappa shape index (κ2) is 7.21. The standard InChI is InChI=1S/C19H20N4OS/c1-22-17-4-2-3-5-18(17)25-19(22)21-20-14-15-6-8-16(9-7-15)23-10-12-24-13-11-23/h2-9,14H,10-13H2,1H3/b20-14-,21-19+. The van der Waals surface area contributed by atoms with Crippen LogP contribution in [0, 0.1) is 0 Å². The predicted octanol–water partition coefficient (Wildman–Crippen LogP) is 3.01. The minimum Gasteiger partial charge on any atom is -0.378 e. The zero-order chi connectivity index (χ0) is 17.1. The van der Waals surface area contributed by atoms with Gasteiger partial charge in [-0.2, -0.15) is 5.10 Å². The maximum atomic E-state index is 5.40. The van der Waals surface area contributed by atoms with Gasteiger partial charge in [-0.1, -0.05) is 35.6 Å². The number of rotatable bonds is 3. The van der Waals surface area contributed by atoms with Gasteiger partial charge in [0.2, 0.25) is 4.80 Å². The molecule has 1 saturated heterocycles. The quantitative estimate of drug-likeness (QED) is 0.537. The monoisotopic (exact) mass is 352 g/mol. The van der Waals surface area contributed by atoms with Gasteiger partial charge in [0.05, 0.1) is 29.6 Å². The molecular formula is C19H20N4OS.